The number of carbonyl (C=O) groups is 2. The predicted octanol–water partition coefficient (Wildman–Crippen LogP) is 3.20. The summed E-state index contributed by atoms with van der Waals surface area (Å²) in [6.45, 7) is 0. The zero-order chi connectivity index (χ0) is 17.5. The van der Waals surface area contributed by atoms with Crippen LogP contribution < -0.4 is 21.1 Å². The smallest absolute Gasteiger partial charge is 0.312 e. The fourth-order valence-corrected chi connectivity index (χ4v) is 2.46. The summed E-state index contributed by atoms with van der Waals surface area (Å²) in [6, 6.07) is 13.1. The summed E-state index contributed by atoms with van der Waals surface area (Å²) in [7, 11) is 1.58. The predicted molar refractivity (Wildman–Crippen MR) is 95.8 cm³/mol. The van der Waals surface area contributed by atoms with Crippen molar-refractivity contribution in [2.45, 2.75) is 12.5 Å². The van der Waals surface area contributed by atoms with E-state index >= 15 is 0 Å². The number of anilines is 1. The van der Waals surface area contributed by atoms with E-state index in [1.54, 1.807) is 31.4 Å². The molecule has 126 valence electrons. The highest BCUT2D eigenvalue weighted by atomic mass is 79.9. The second-order valence-corrected chi connectivity index (χ2v) is 6.01. The van der Waals surface area contributed by atoms with E-state index in [4.69, 9.17) is 10.5 Å². The number of amides is 3. The average molecular weight is 392 g/mol. The number of ether oxygens (including phenoxy) is 1. The maximum atomic E-state index is 12.3. The molecule has 2 aromatic rings. The molecule has 0 aromatic heterocycles. The van der Waals surface area contributed by atoms with Gasteiger partial charge in [-0.2, -0.15) is 0 Å². The quantitative estimate of drug-likeness (QED) is 0.705. The number of carbonyl (C=O) groups excluding carboxylic acids is 2. The summed E-state index contributed by atoms with van der Waals surface area (Å²) in [5, 5.41) is 5.38. The molecule has 6 nitrogen and oxygen atoms in total. The van der Waals surface area contributed by atoms with Crippen molar-refractivity contribution in [1.29, 1.82) is 0 Å². The molecule has 0 bridgehead atoms. The van der Waals surface area contributed by atoms with Crippen molar-refractivity contribution in [1.82, 2.24) is 5.32 Å². The van der Waals surface area contributed by atoms with Crippen LogP contribution in [0.15, 0.2) is 53.0 Å². The number of benzene rings is 2. The van der Waals surface area contributed by atoms with Gasteiger partial charge < -0.3 is 21.1 Å². The van der Waals surface area contributed by atoms with Crippen molar-refractivity contribution in [3.63, 3.8) is 0 Å². The maximum absolute atomic E-state index is 12.3. The Bertz CT molecular complexity index is 702. The van der Waals surface area contributed by atoms with Crippen molar-refractivity contribution >= 4 is 33.6 Å². The number of halogens is 1. The first-order valence-corrected chi connectivity index (χ1v) is 8.02. The van der Waals surface area contributed by atoms with Gasteiger partial charge in [0.25, 0.3) is 0 Å². The minimum absolute atomic E-state index is 0.0661. The van der Waals surface area contributed by atoms with E-state index in [-0.39, 0.29) is 12.3 Å². The second kappa shape index (κ2) is 8.35. The summed E-state index contributed by atoms with van der Waals surface area (Å²) in [6.07, 6.45) is 0.0661. The van der Waals surface area contributed by atoms with E-state index in [9.17, 15) is 9.59 Å². The Morgan fingerprint density at radius 1 is 1.12 bits per heavy atom. The zero-order valence-electron chi connectivity index (χ0n) is 13.1. The molecule has 2 aromatic carbocycles. The fraction of sp³-hybridized carbons (Fsp3) is 0.176. The molecule has 0 saturated carbocycles. The Labute approximate surface area is 148 Å². The number of hydrogen-bond donors (Lipinski definition) is 3. The third-order valence-electron chi connectivity index (χ3n) is 3.35. The van der Waals surface area contributed by atoms with Crippen LogP contribution in [0.5, 0.6) is 5.75 Å². The Morgan fingerprint density at radius 2 is 1.75 bits per heavy atom. The van der Waals surface area contributed by atoms with Crippen LogP contribution in [0.25, 0.3) is 0 Å². The van der Waals surface area contributed by atoms with E-state index in [1.807, 2.05) is 24.3 Å². The summed E-state index contributed by atoms with van der Waals surface area (Å²) in [5.41, 5.74) is 6.66. The lowest BCUT2D eigenvalue weighted by molar-refractivity contribution is -0.116. The van der Waals surface area contributed by atoms with Crippen molar-refractivity contribution in [2.75, 3.05) is 12.4 Å². The van der Waals surface area contributed by atoms with Gasteiger partial charge in [-0.05, 0) is 42.0 Å². The molecular weight excluding hydrogens is 374 g/mol. The Kier molecular flexibility index (Phi) is 6.20. The van der Waals surface area contributed by atoms with E-state index in [0.29, 0.717) is 11.4 Å². The number of nitrogens with one attached hydrogen (secondary N) is 2. The number of hydrogen-bond acceptors (Lipinski definition) is 3. The molecule has 3 amide bonds. The molecule has 0 spiro atoms. The largest absolute Gasteiger partial charge is 0.497 e. The van der Waals surface area contributed by atoms with Crippen LogP contribution in [0.3, 0.4) is 0 Å². The van der Waals surface area contributed by atoms with Crippen molar-refractivity contribution in [2.24, 2.45) is 5.73 Å². The van der Waals surface area contributed by atoms with Gasteiger partial charge in [-0.25, -0.2) is 4.79 Å². The lowest BCUT2D eigenvalue weighted by Gasteiger charge is -2.18. The highest BCUT2D eigenvalue weighted by Crippen LogP contribution is 2.21. The van der Waals surface area contributed by atoms with E-state index in [1.165, 1.54) is 0 Å². The third kappa shape index (κ3) is 5.27. The molecule has 0 aliphatic heterocycles. The zero-order valence-corrected chi connectivity index (χ0v) is 14.7. The van der Waals surface area contributed by atoms with Gasteiger partial charge in [0.15, 0.2) is 0 Å². The number of urea groups is 1. The second-order valence-electron chi connectivity index (χ2n) is 5.09. The Balaban J connectivity index is 2.05. The van der Waals surface area contributed by atoms with E-state index < -0.39 is 12.1 Å². The molecule has 0 radical (unpaired) electrons. The van der Waals surface area contributed by atoms with Crippen LogP contribution >= 0.6 is 15.9 Å². The van der Waals surface area contributed by atoms with Crippen LogP contribution in [0, 0.1) is 0 Å². The minimum atomic E-state index is -0.680. The monoisotopic (exact) mass is 391 g/mol. The van der Waals surface area contributed by atoms with Gasteiger partial charge >= 0.3 is 6.03 Å². The standard InChI is InChI=1S/C17H18BrN3O3/c1-24-14-8-6-13(7-9-14)20-16(22)10-15(21-17(19)23)11-2-4-12(18)5-3-11/h2-9,15H,10H2,1H3,(H,20,22)(H3,19,21,23)/t15-/m0/s1. The molecule has 2 rings (SSSR count). The average Bonchev–Trinajstić information content (AvgIpc) is 2.55. The van der Waals surface area contributed by atoms with Gasteiger partial charge in [-0.15, -0.1) is 0 Å². The first kappa shape index (κ1) is 17.8. The SMILES string of the molecule is COc1ccc(NC(=O)C[C@H](NC(N)=O)c2ccc(Br)cc2)cc1. The first-order valence-electron chi connectivity index (χ1n) is 7.23. The highest BCUT2D eigenvalue weighted by Gasteiger charge is 2.17. The van der Waals surface area contributed by atoms with Gasteiger partial charge in [-0.1, -0.05) is 28.1 Å². The molecule has 0 fully saturated rings. The van der Waals surface area contributed by atoms with Gasteiger partial charge in [0.1, 0.15) is 5.75 Å². The Morgan fingerprint density at radius 3 is 2.29 bits per heavy atom. The van der Waals surface area contributed by atoms with Crippen molar-refractivity contribution < 1.29 is 14.3 Å². The molecule has 0 aliphatic carbocycles. The third-order valence-corrected chi connectivity index (χ3v) is 3.88. The van der Waals surface area contributed by atoms with E-state index in [0.717, 1.165) is 10.0 Å². The first-order chi connectivity index (χ1) is 11.5. The molecule has 0 saturated heterocycles. The topological polar surface area (TPSA) is 93.4 Å². The summed E-state index contributed by atoms with van der Waals surface area (Å²) < 4.78 is 5.98. The summed E-state index contributed by atoms with van der Waals surface area (Å²) >= 11 is 3.35. The van der Waals surface area contributed by atoms with Crippen molar-refractivity contribution in [3.8, 4) is 5.75 Å². The van der Waals surface area contributed by atoms with Gasteiger partial charge in [0, 0.05) is 10.2 Å². The van der Waals surface area contributed by atoms with Gasteiger partial charge in [-0.3, -0.25) is 4.79 Å². The molecular formula is C17H18BrN3O3. The maximum Gasteiger partial charge on any atom is 0.312 e. The van der Waals surface area contributed by atoms with Gasteiger partial charge in [0.05, 0.1) is 19.6 Å². The van der Waals surface area contributed by atoms with Crippen molar-refractivity contribution in [3.05, 3.63) is 58.6 Å². The number of nitrogens with two attached hydrogens (primary N) is 1. The molecule has 0 heterocycles. The Hall–Kier alpha value is -2.54. The number of primary amides is 1. The fourth-order valence-electron chi connectivity index (χ4n) is 2.19. The number of methoxy groups -OCH3 is 1. The van der Waals surface area contributed by atoms with Crippen LogP contribution in [0.1, 0.15) is 18.0 Å². The lowest BCUT2D eigenvalue weighted by Crippen LogP contribution is -2.35. The molecule has 24 heavy (non-hydrogen) atoms. The summed E-state index contributed by atoms with van der Waals surface area (Å²) in [5.74, 6) is 0.470. The van der Waals surface area contributed by atoms with Crippen LogP contribution in [-0.2, 0) is 4.79 Å². The number of rotatable bonds is 6. The molecule has 0 unspecified atom stereocenters. The van der Waals surface area contributed by atoms with Crippen LogP contribution in [-0.4, -0.2) is 19.0 Å². The van der Waals surface area contributed by atoms with E-state index in [2.05, 4.69) is 26.6 Å². The van der Waals surface area contributed by atoms with Crippen LogP contribution in [0.2, 0.25) is 0 Å². The molecule has 4 N–H and O–H groups in total. The normalized spacial score (nSPS) is 11.4. The molecule has 7 heteroatoms. The minimum Gasteiger partial charge on any atom is -0.497 e. The highest BCUT2D eigenvalue weighted by molar-refractivity contribution is 9.10. The summed E-state index contributed by atoms with van der Waals surface area (Å²) in [4.78, 5) is 23.5. The molecule has 0 aliphatic rings. The molecule has 1 atom stereocenters. The lowest BCUT2D eigenvalue weighted by atomic mass is 10.0. The van der Waals surface area contributed by atoms with Gasteiger partial charge in [0.2, 0.25) is 5.91 Å². The van der Waals surface area contributed by atoms with Crippen LogP contribution in [0.4, 0.5) is 10.5 Å².